The highest BCUT2D eigenvalue weighted by Gasteiger charge is 2.26. The second kappa shape index (κ2) is 7.38. The Hall–Kier alpha value is -2.83. The predicted molar refractivity (Wildman–Crippen MR) is 94.5 cm³/mol. The summed E-state index contributed by atoms with van der Waals surface area (Å²) in [5.74, 6) is 0.897. The highest BCUT2D eigenvalue weighted by molar-refractivity contribution is 5.68. The number of rotatable bonds is 4. The number of carbonyl (C=O) groups excluding carboxylic acids is 1. The molecule has 2 N–H and O–H groups in total. The average molecular weight is 342 g/mol. The first-order valence-electron chi connectivity index (χ1n) is 8.35. The van der Waals surface area contributed by atoms with Crippen molar-refractivity contribution in [3.05, 3.63) is 36.7 Å². The number of para-hydroxylation sites is 1. The van der Waals surface area contributed by atoms with Crippen LogP contribution < -0.4 is 10.2 Å². The molecule has 0 bridgehead atoms. The molecule has 0 saturated carbocycles. The first-order valence-corrected chi connectivity index (χ1v) is 8.35. The molecule has 2 aromatic rings. The van der Waals surface area contributed by atoms with Gasteiger partial charge < -0.3 is 20.1 Å². The Morgan fingerprint density at radius 1 is 1.36 bits per heavy atom. The number of phenols is 1. The van der Waals surface area contributed by atoms with E-state index in [1.54, 1.807) is 30.6 Å². The van der Waals surface area contributed by atoms with Crippen molar-refractivity contribution in [2.45, 2.75) is 32.4 Å². The molecule has 1 fully saturated rings. The number of benzene rings is 1. The molecule has 7 heteroatoms. The summed E-state index contributed by atoms with van der Waals surface area (Å²) >= 11 is 0. The van der Waals surface area contributed by atoms with Crippen LogP contribution in [0.15, 0.2) is 36.7 Å². The van der Waals surface area contributed by atoms with Crippen LogP contribution in [0.3, 0.4) is 0 Å². The molecule has 0 radical (unpaired) electrons. The van der Waals surface area contributed by atoms with Crippen LogP contribution in [0.4, 0.5) is 10.6 Å². The predicted octanol–water partition coefficient (Wildman–Crippen LogP) is 2.56. The van der Waals surface area contributed by atoms with Crippen LogP contribution in [0.5, 0.6) is 5.75 Å². The molecular weight excluding hydrogens is 320 g/mol. The van der Waals surface area contributed by atoms with Gasteiger partial charge >= 0.3 is 6.09 Å². The van der Waals surface area contributed by atoms with Gasteiger partial charge in [-0.25, -0.2) is 9.78 Å². The molecule has 7 nitrogen and oxygen atoms in total. The summed E-state index contributed by atoms with van der Waals surface area (Å²) in [6.07, 6.45) is 3.60. The van der Waals surface area contributed by atoms with E-state index in [1.165, 1.54) is 0 Å². The molecule has 1 unspecified atom stereocenters. The molecule has 0 aliphatic carbocycles. The van der Waals surface area contributed by atoms with Gasteiger partial charge in [0.05, 0.1) is 30.2 Å². The van der Waals surface area contributed by atoms with Crippen molar-refractivity contribution in [1.29, 1.82) is 0 Å². The molecular formula is C18H22N4O3. The van der Waals surface area contributed by atoms with Crippen LogP contribution in [0.25, 0.3) is 11.3 Å². The summed E-state index contributed by atoms with van der Waals surface area (Å²) in [5.41, 5.74) is 1.26. The maximum absolute atomic E-state index is 11.7. The number of anilines is 1. The van der Waals surface area contributed by atoms with E-state index in [1.807, 2.05) is 19.9 Å². The second-order valence-corrected chi connectivity index (χ2v) is 6.31. The van der Waals surface area contributed by atoms with Crippen molar-refractivity contribution in [3.63, 3.8) is 0 Å². The number of alkyl carbamates (subject to hydrolysis) is 1. The number of amides is 1. The zero-order valence-corrected chi connectivity index (χ0v) is 14.3. The first-order chi connectivity index (χ1) is 12.0. The van der Waals surface area contributed by atoms with E-state index in [4.69, 9.17) is 4.74 Å². The minimum absolute atomic E-state index is 0.0156. The summed E-state index contributed by atoms with van der Waals surface area (Å²) in [4.78, 5) is 22.6. The Kier molecular flexibility index (Phi) is 5.02. The van der Waals surface area contributed by atoms with Crippen molar-refractivity contribution >= 4 is 11.9 Å². The van der Waals surface area contributed by atoms with Gasteiger partial charge in [-0.3, -0.25) is 4.98 Å². The lowest BCUT2D eigenvalue weighted by Crippen LogP contribution is -2.38. The zero-order valence-electron chi connectivity index (χ0n) is 14.3. The van der Waals surface area contributed by atoms with E-state index < -0.39 is 6.09 Å². The molecule has 1 amide bonds. The van der Waals surface area contributed by atoms with E-state index >= 15 is 0 Å². The van der Waals surface area contributed by atoms with E-state index in [9.17, 15) is 9.90 Å². The zero-order chi connectivity index (χ0) is 17.8. The standard InChI is InChI=1S/C18H22N4O3/c1-12(2)25-18(24)20-13-7-8-22(11-13)17-10-19-9-15(21-17)14-5-3-4-6-16(14)23/h3-6,9-10,12-13,23H,7-8,11H2,1-2H3,(H,20,24). The Morgan fingerprint density at radius 3 is 2.92 bits per heavy atom. The molecule has 3 rings (SSSR count). The van der Waals surface area contributed by atoms with Gasteiger partial charge in [-0.15, -0.1) is 0 Å². The van der Waals surface area contributed by atoms with Gasteiger partial charge in [-0.05, 0) is 32.4 Å². The lowest BCUT2D eigenvalue weighted by Gasteiger charge is -2.18. The van der Waals surface area contributed by atoms with Crippen LogP contribution in [-0.4, -0.2) is 46.4 Å². The van der Waals surface area contributed by atoms with Crippen LogP contribution in [-0.2, 0) is 4.74 Å². The Bertz CT molecular complexity index is 751. The largest absolute Gasteiger partial charge is 0.507 e. The smallest absolute Gasteiger partial charge is 0.407 e. The monoisotopic (exact) mass is 342 g/mol. The Morgan fingerprint density at radius 2 is 2.16 bits per heavy atom. The summed E-state index contributed by atoms with van der Waals surface area (Å²) in [6, 6.07) is 7.06. The number of ether oxygens (including phenoxy) is 1. The molecule has 0 spiro atoms. The normalized spacial score (nSPS) is 16.9. The molecule has 1 aliphatic rings. The van der Waals surface area contributed by atoms with Gasteiger partial charge in [0.25, 0.3) is 0 Å². The summed E-state index contributed by atoms with van der Waals surface area (Å²) < 4.78 is 5.12. The van der Waals surface area contributed by atoms with E-state index in [0.717, 1.165) is 18.8 Å². The number of nitrogens with one attached hydrogen (secondary N) is 1. The van der Waals surface area contributed by atoms with Crippen molar-refractivity contribution in [2.75, 3.05) is 18.0 Å². The third-order valence-corrected chi connectivity index (χ3v) is 3.98. The summed E-state index contributed by atoms with van der Waals surface area (Å²) in [5, 5.41) is 12.9. The van der Waals surface area contributed by atoms with Gasteiger partial charge in [-0.2, -0.15) is 0 Å². The SMILES string of the molecule is CC(C)OC(=O)NC1CCN(c2cncc(-c3ccccc3O)n2)C1. The highest BCUT2D eigenvalue weighted by atomic mass is 16.6. The van der Waals surface area contributed by atoms with Crippen molar-refractivity contribution in [1.82, 2.24) is 15.3 Å². The first kappa shape index (κ1) is 17.0. The molecule has 132 valence electrons. The van der Waals surface area contributed by atoms with Crippen molar-refractivity contribution in [3.8, 4) is 17.0 Å². The van der Waals surface area contributed by atoms with Crippen LogP contribution >= 0.6 is 0 Å². The van der Waals surface area contributed by atoms with E-state index in [-0.39, 0.29) is 17.9 Å². The molecule has 1 atom stereocenters. The van der Waals surface area contributed by atoms with Gasteiger partial charge in [-0.1, -0.05) is 12.1 Å². The van der Waals surface area contributed by atoms with Crippen molar-refractivity contribution in [2.24, 2.45) is 0 Å². The van der Waals surface area contributed by atoms with Gasteiger partial charge in [0.2, 0.25) is 0 Å². The van der Waals surface area contributed by atoms with Gasteiger partial charge in [0.15, 0.2) is 0 Å². The maximum atomic E-state index is 11.7. The summed E-state index contributed by atoms with van der Waals surface area (Å²) in [6.45, 7) is 5.05. The lowest BCUT2D eigenvalue weighted by atomic mass is 10.1. The molecule has 1 aliphatic heterocycles. The van der Waals surface area contributed by atoms with Crippen LogP contribution in [0, 0.1) is 0 Å². The topological polar surface area (TPSA) is 87.6 Å². The van der Waals surface area contributed by atoms with E-state index in [0.29, 0.717) is 17.8 Å². The number of nitrogens with zero attached hydrogens (tertiary/aromatic N) is 3. The fourth-order valence-corrected chi connectivity index (χ4v) is 2.83. The fourth-order valence-electron chi connectivity index (χ4n) is 2.83. The third kappa shape index (κ3) is 4.17. The molecule has 2 heterocycles. The number of carbonyl (C=O) groups is 1. The quantitative estimate of drug-likeness (QED) is 0.888. The molecule has 25 heavy (non-hydrogen) atoms. The summed E-state index contributed by atoms with van der Waals surface area (Å²) in [7, 11) is 0. The number of aromatic nitrogens is 2. The van der Waals surface area contributed by atoms with Crippen LogP contribution in [0.1, 0.15) is 20.3 Å². The number of hydrogen-bond donors (Lipinski definition) is 2. The number of phenolic OH excluding ortho intramolecular Hbond substituents is 1. The van der Waals surface area contributed by atoms with E-state index in [2.05, 4.69) is 20.2 Å². The molecule has 1 saturated heterocycles. The molecule has 1 aromatic carbocycles. The van der Waals surface area contributed by atoms with Gasteiger partial charge in [0, 0.05) is 18.7 Å². The van der Waals surface area contributed by atoms with Crippen molar-refractivity contribution < 1.29 is 14.6 Å². The average Bonchev–Trinajstić information content (AvgIpc) is 3.03. The minimum atomic E-state index is -0.393. The Labute approximate surface area is 146 Å². The maximum Gasteiger partial charge on any atom is 0.407 e. The number of hydrogen-bond acceptors (Lipinski definition) is 6. The Balaban J connectivity index is 1.68. The lowest BCUT2D eigenvalue weighted by molar-refractivity contribution is 0.113. The third-order valence-electron chi connectivity index (χ3n) is 3.98. The number of aromatic hydroxyl groups is 1. The fraction of sp³-hybridized carbons (Fsp3) is 0.389. The highest BCUT2D eigenvalue weighted by Crippen LogP contribution is 2.28. The van der Waals surface area contributed by atoms with Gasteiger partial charge in [0.1, 0.15) is 11.6 Å². The van der Waals surface area contributed by atoms with Crippen LogP contribution in [0.2, 0.25) is 0 Å². The minimum Gasteiger partial charge on any atom is -0.507 e. The second-order valence-electron chi connectivity index (χ2n) is 6.31. The molecule has 1 aromatic heterocycles.